The molecule has 0 saturated carbocycles. The fourth-order valence-electron chi connectivity index (χ4n) is 2.20. The van der Waals surface area contributed by atoms with Crippen LogP contribution in [0, 0.1) is 11.8 Å². The van der Waals surface area contributed by atoms with Crippen molar-refractivity contribution in [3.63, 3.8) is 0 Å². The molecule has 0 fully saturated rings. The molecule has 17 heavy (non-hydrogen) atoms. The second-order valence-electron chi connectivity index (χ2n) is 5.38. The van der Waals surface area contributed by atoms with Gasteiger partial charge in [0.05, 0.1) is 6.61 Å². The van der Waals surface area contributed by atoms with Gasteiger partial charge in [-0.15, -0.1) is 0 Å². The highest BCUT2D eigenvalue weighted by Gasteiger charge is 2.20. The number of esters is 1. The van der Waals surface area contributed by atoms with Crippen molar-refractivity contribution in [3.8, 4) is 0 Å². The van der Waals surface area contributed by atoms with Crippen molar-refractivity contribution in [2.45, 2.75) is 59.3 Å². The molecule has 1 aliphatic rings. The van der Waals surface area contributed by atoms with Gasteiger partial charge in [-0.2, -0.15) is 0 Å². The van der Waals surface area contributed by atoms with Gasteiger partial charge in [-0.05, 0) is 37.5 Å². The van der Waals surface area contributed by atoms with Crippen molar-refractivity contribution in [2.75, 3.05) is 6.61 Å². The third kappa shape index (κ3) is 5.38. The monoisotopic (exact) mass is 238 g/mol. The molecule has 0 saturated heterocycles. The van der Waals surface area contributed by atoms with Crippen LogP contribution in [0.2, 0.25) is 0 Å². The third-order valence-electron chi connectivity index (χ3n) is 3.59. The second-order valence-corrected chi connectivity index (χ2v) is 5.38. The zero-order valence-electron chi connectivity index (χ0n) is 11.5. The predicted molar refractivity (Wildman–Crippen MR) is 70.7 cm³/mol. The maximum atomic E-state index is 11.4. The summed E-state index contributed by atoms with van der Waals surface area (Å²) >= 11 is 0. The minimum Gasteiger partial charge on any atom is -0.466 e. The van der Waals surface area contributed by atoms with E-state index in [1.54, 1.807) is 0 Å². The average molecular weight is 238 g/mol. The molecular formula is C15H26O2. The summed E-state index contributed by atoms with van der Waals surface area (Å²) in [6, 6.07) is 0. The van der Waals surface area contributed by atoms with E-state index in [2.05, 4.69) is 26.8 Å². The number of hydrogen-bond donors (Lipinski definition) is 0. The zero-order valence-corrected chi connectivity index (χ0v) is 11.5. The molecule has 0 aromatic rings. The molecule has 0 radical (unpaired) electrons. The Morgan fingerprint density at radius 1 is 1.53 bits per heavy atom. The van der Waals surface area contributed by atoms with E-state index in [0.717, 1.165) is 31.1 Å². The Hall–Kier alpha value is -0.790. The predicted octanol–water partition coefficient (Wildman–Crippen LogP) is 4.10. The molecule has 0 aliphatic heterocycles. The summed E-state index contributed by atoms with van der Waals surface area (Å²) in [5.41, 5.74) is 1.45. The lowest BCUT2D eigenvalue weighted by Gasteiger charge is -2.14. The zero-order chi connectivity index (χ0) is 12.7. The summed E-state index contributed by atoms with van der Waals surface area (Å²) in [5, 5.41) is 0. The Morgan fingerprint density at radius 3 is 2.88 bits per heavy atom. The summed E-state index contributed by atoms with van der Waals surface area (Å²) < 4.78 is 5.15. The molecule has 0 bridgehead atoms. The molecule has 2 nitrogen and oxygen atoms in total. The molecule has 2 heteroatoms. The average Bonchev–Trinajstić information content (AvgIpc) is 2.75. The van der Waals surface area contributed by atoms with Gasteiger partial charge in [-0.25, -0.2) is 0 Å². The number of carbonyl (C=O) groups excluding carboxylic acids is 1. The fourth-order valence-corrected chi connectivity index (χ4v) is 2.20. The van der Waals surface area contributed by atoms with Crippen LogP contribution in [-0.4, -0.2) is 12.6 Å². The normalized spacial score (nSPS) is 19.5. The molecule has 1 unspecified atom stereocenters. The van der Waals surface area contributed by atoms with Crippen LogP contribution in [0.5, 0.6) is 0 Å². The number of carbonyl (C=O) groups is 1. The summed E-state index contributed by atoms with van der Waals surface area (Å²) in [5.74, 6) is 1.51. The van der Waals surface area contributed by atoms with Gasteiger partial charge in [0.2, 0.25) is 0 Å². The highest BCUT2D eigenvalue weighted by Crippen LogP contribution is 2.32. The van der Waals surface area contributed by atoms with Crippen LogP contribution >= 0.6 is 0 Å². The molecule has 0 spiro atoms. The highest BCUT2D eigenvalue weighted by molar-refractivity contribution is 5.69. The number of hydrogen-bond acceptors (Lipinski definition) is 2. The molecule has 0 heterocycles. The van der Waals surface area contributed by atoms with Crippen molar-refractivity contribution in [1.29, 1.82) is 0 Å². The topological polar surface area (TPSA) is 26.3 Å². The molecule has 0 aromatic heterocycles. The van der Waals surface area contributed by atoms with Crippen LogP contribution < -0.4 is 0 Å². The molecular weight excluding hydrogens is 212 g/mol. The smallest absolute Gasteiger partial charge is 0.306 e. The lowest BCUT2D eigenvalue weighted by Crippen LogP contribution is -2.07. The summed E-state index contributed by atoms with van der Waals surface area (Å²) in [6.45, 7) is 7.24. The van der Waals surface area contributed by atoms with Gasteiger partial charge in [0.25, 0.3) is 0 Å². The Kier molecular flexibility index (Phi) is 6.31. The first kappa shape index (κ1) is 14.3. The van der Waals surface area contributed by atoms with E-state index in [1.165, 1.54) is 18.4 Å². The van der Waals surface area contributed by atoms with E-state index < -0.39 is 0 Å². The van der Waals surface area contributed by atoms with E-state index in [4.69, 9.17) is 4.74 Å². The molecule has 0 aromatic carbocycles. The summed E-state index contributed by atoms with van der Waals surface area (Å²) in [4.78, 5) is 11.4. The maximum absolute atomic E-state index is 11.4. The van der Waals surface area contributed by atoms with Crippen molar-refractivity contribution in [2.24, 2.45) is 11.8 Å². The van der Waals surface area contributed by atoms with Gasteiger partial charge < -0.3 is 4.74 Å². The van der Waals surface area contributed by atoms with E-state index in [-0.39, 0.29) is 5.97 Å². The SMILES string of the molecule is CCCCOC(=O)CCC1=CCC(C(C)C)C1. The summed E-state index contributed by atoms with van der Waals surface area (Å²) in [7, 11) is 0. The van der Waals surface area contributed by atoms with Crippen LogP contribution in [0.25, 0.3) is 0 Å². The van der Waals surface area contributed by atoms with Crippen LogP contribution in [0.4, 0.5) is 0 Å². The molecule has 1 rings (SSSR count). The standard InChI is InChI=1S/C15H26O2/c1-4-5-10-17-15(16)9-7-13-6-8-14(11-13)12(2)3/h6,12,14H,4-5,7-11H2,1-3H3. The first-order valence-electron chi connectivity index (χ1n) is 6.97. The Balaban J connectivity index is 2.13. The van der Waals surface area contributed by atoms with Crippen LogP contribution in [0.1, 0.15) is 59.3 Å². The molecule has 1 atom stereocenters. The van der Waals surface area contributed by atoms with E-state index in [1.807, 2.05) is 0 Å². The lowest BCUT2D eigenvalue weighted by atomic mass is 9.92. The lowest BCUT2D eigenvalue weighted by molar-refractivity contribution is -0.143. The van der Waals surface area contributed by atoms with Gasteiger partial charge in [0, 0.05) is 6.42 Å². The number of unbranched alkanes of at least 4 members (excludes halogenated alkanes) is 1. The van der Waals surface area contributed by atoms with Gasteiger partial charge in [-0.3, -0.25) is 4.79 Å². The van der Waals surface area contributed by atoms with Gasteiger partial charge in [0.15, 0.2) is 0 Å². The third-order valence-corrected chi connectivity index (χ3v) is 3.59. The van der Waals surface area contributed by atoms with Crippen molar-refractivity contribution >= 4 is 5.97 Å². The fraction of sp³-hybridized carbons (Fsp3) is 0.800. The van der Waals surface area contributed by atoms with Gasteiger partial charge >= 0.3 is 5.97 Å². The number of rotatable bonds is 7. The first-order valence-corrected chi connectivity index (χ1v) is 6.97. The number of allylic oxidation sites excluding steroid dienone is 2. The van der Waals surface area contributed by atoms with Gasteiger partial charge in [-0.1, -0.05) is 38.8 Å². The molecule has 98 valence electrons. The van der Waals surface area contributed by atoms with Crippen molar-refractivity contribution < 1.29 is 9.53 Å². The van der Waals surface area contributed by atoms with E-state index in [0.29, 0.717) is 13.0 Å². The second kappa shape index (κ2) is 7.52. The Morgan fingerprint density at radius 2 is 2.29 bits per heavy atom. The minimum absolute atomic E-state index is 0.0349. The largest absolute Gasteiger partial charge is 0.466 e. The Labute approximate surface area is 105 Å². The maximum Gasteiger partial charge on any atom is 0.306 e. The molecule has 0 amide bonds. The molecule has 1 aliphatic carbocycles. The minimum atomic E-state index is -0.0349. The van der Waals surface area contributed by atoms with E-state index >= 15 is 0 Å². The van der Waals surface area contributed by atoms with E-state index in [9.17, 15) is 4.79 Å². The van der Waals surface area contributed by atoms with Crippen molar-refractivity contribution in [1.82, 2.24) is 0 Å². The number of ether oxygens (including phenoxy) is 1. The van der Waals surface area contributed by atoms with Gasteiger partial charge in [0.1, 0.15) is 0 Å². The van der Waals surface area contributed by atoms with Crippen LogP contribution in [0.3, 0.4) is 0 Å². The van der Waals surface area contributed by atoms with Crippen molar-refractivity contribution in [3.05, 3.63) is 11.6 Å². The first-order chi connectivity index (χ1) is 8.13. The van der Waals surface area contributed by atoms with Crippen LogP contribution in [0.15, 0.2) is 11.6 Å². The molecule has 0 N–H and O–H groups in total. The Bertz CT molecular complexity index is 266. The van der Waals surface area contributed by atoms with Crippen LogP contribution in [-0.2, 0) is 9.53 Å². The highest BCUT2D eigenvalue weighted by atomic mass is 16.5. The summed E-state index contributed by atoms with van der Waals surface area (Å²) in [6.07, 6.45) is 8.20. The quantitative estimate of drug-likeness (QED) is 0.379.